The standard InChI is InChI=1S/C13H10N2O2/c14-12(16)11-7-15-13(17-11)10-6-5-8-3-1-2-4-9(8)10/h1-7,10H,(H2,14,16). The topological polar surface area (TPSA) is 69.1 Å². The molecular weight excluding hydrogens is 216 g/mol. The highest BCUT2D eigenvalue weighted by atomic mass is 16.4. The highest BCUT2D eigenvalue weighted by Crippen LogP contribution is 2.34. The molecule has 1 heterocycles. The third kappa shape index (κ3) is 1.54. The second-order valence-electron chi connectivity index (χ2n) is 3.89. The van der Waals surface area contributed by atoms with Gasteiger partial charge in [0.25, 0.3) is 5.91 Å². The molecule has 0 saturated heterocycles. The van der Waals surface area contributed by atoms with E-state index < -0.39 is 5.91 Å². The molecule has 0 aliphatic heterocycles. The number of allylic oxidation sites excluding steroid dienone is 1. The lowest BCUT2D eigenvalue weighted by Crippen LogP contribution is -2.09. The van der Waals surface area contributed by atoms with Crippen LogP contribution in [0.25, 0.3) is 6.08 Å². The maximum Gasteiger partial charge on any atom is 0.286 e. The summed E-state index contributed by atoms with van der Waals surface area (Å²) >= 11 is 0. The Bertz CT molecular complexity index is 613. The van der Waals surface area contributed by atoms with Gasteiger partial charge in [-0.15, -0.1) is 0 Å². The van der Waals surface area contributed by atoms with Crippen LogP contribution < -0.4 is 5.73 Å². The smallest absolute Gasteiger partial charge is 0.286 e. The fourth-order valence-electron chi connectivity index (χ4n) is 2.01. The normalized spacial score (nSPS) is 17.1. The molecule has 84 valence electrons. The Morgan fingerprint density at radius 1 is 1.35 bits per heavy atom. The number of oxazole rings is 1. The molecule has 1 aromatic carbocycles. The zero-order valence-corrected chi connectivity index (χ0v) is 8.96. The molecule has 0 spiro atoms. The van der Waals surface area contributed by atoms with Gasteiger partial charge in [-0.05, 0) is 11.1 Å². The third-order valence-corrected chi connectivity index (χ3v) is 2.83. The second kappa shape index (κ2) is 3.59. The van der Waals surface area contributed by atoms with Gasteiger partial charge < -0.3 is 10.2 Å². The first-order valence-corrected chi connectivity index (χ1v) is 5.28. The van der Waals surface area contributed by atoms with Crippen molar-refractivity contribution < 1.29 is 9.21 Å². The molecule has 0 radical (unpaired) electrons. The number of nitrogens with zero attached hydrogens (tertiary/aromatic N) is 1. The van der Waals surface area contributed by atoms with Crippen molar-refractivity contribution in [2.24, 2.45) is 5.73 Å². The number of hydrogen-bond donors (Lipinski definition) is 1. The van der Waals surface area contributed by atoms with Gasteiger partial charge in [-0.3, -0.25) is 4.79 Å². The van der Waals surface area contributed by atoms with Crippen LogP contribution in [-0.4, -0.2) is 10.9 Å². The fourth-order valence-corrected chi connectivity index (χ4v) is 2.01. The summed E-state index contributed by atoms with van der Waals surface area (Å²) in [4.78, 5) is 15.0. The molecule has 4 nitrogen and oxygen atoms in total. The summed E-state index contributed by atoms with van der Waals surface area (Å²) in [5.74, 6) is -0.0314. The average Bonchev–Trinajstić information content (AvgIpc) is 2.95. The number of primary amides is 1. The van der Waals surface area contributed by atoms with Crippen LogP contribution >= 0.6 is 0 Å². The van der Waals surface area contributed by atoms with Gasteiger partial charge in [-0.2, -0.15) is 0 Å². The molecule has 0 bridgehead atoms. The Kier molecular flexibility index (Phi) is 2.08. The quantitative estimate of drug-likeness (QED) is 0.850. The van der Waals surface area contributed by atoms with Crippen molar-refractivity contribution in [1.82, 2.24) is 4.98 Å². The van der Waals surface area contributed by atoms with Crippen molar-refractivity contribution >= 4 is 12.0 Å². The van der Waals surface area contributed by atoms with Crippen LogP contribution in [-0.2, 0) is 0 Å². The average molecular weight is 226 g/mol. The van der Waals surface area contributed by atoms with Gasteiger partial charge in [0.05, 0.1) is 12.1 Å². The number of fused-ring (bicyclic) bond motifs is 1. The van der Waals surface area contributed by atoms with E-state index in [4.69, 9.17) is 10.2 Å². The predicted molar refractivity (Wildman–Crippen MR) is 62.3 cm³/mol. The third-order valence-electron chi connectivity index (χ3n) is 2.83. The van der Waals surface area contributed by atoms with E-state index in [9.17, 15) is 4.79 Å². The Balaban J connectivity index is 2.01. The van der Waals surface area contributed by atoms with E-state index in [1.807, 2.05) is 36.4 Å². The highest BCUT2D eigenvalue weighted by molar-refractivity contribution is 5.89. The lowest BCUT2D eigenvalue weighted by atomic mass is 10.0. The first-order chi connectivity index (χ1) is 8.25. The number of benzene rings is 1. The van der Waals surface area contributed by atoms with Gasteiger partial charge in [-0.1, -0.05) is 36.4 Å². The number of amides is 1. The van der Waals surface area contributed by atoms with Crippen molar-refractivity contribution in [3.05, 3.63) is 59.3 Å². The van der Waals surface area contributed by atoms with Crippen LogP contribution in [0.4, 0.5) is 0 Å². The minimum absolute atomic E-state index is 0.0284. The van der Waals surface area contributed by atoms with E-state index in [0.29, 0.717) is 5.89 Å². The molecule has 1 aromatic heterocycles. The van der Waals surface area contributed by atoms with Crippen LogP contribution in [0.2, 0.25) is 0 Å². The summed E-state index contributed by atoms with van der Waals surface area (Å²) in [5, 5.41) is 0. The van der Waals surface area contributed by atoms with Crippen molar-refractivity contribution in [3.8, 4) is 0 Å². The van der Waals surface area contributed by atoms with E-state index in [1.165, 1.54) is 6.20 Å². The number of hydrogen-bond acceptors (Lipinski definition) is 3. The molecule has 2 N–H and O–H groups in total. The van der Waals surface area contributed by atoms with Gasteiger partial charge in [-0.25, -0.2) is 4.98 Å². The zero-order valence-electron chi connectivity index (χ0n) is 8.96. The summed E-state index contributed by atoms with van der Waals surface area (Å²) in [6, 6.07) is 8.00. The van der Waals surface area contributed by atoms with E-state index >= 15 is 0 Å². The molecule has 1 unspecified atom stereocenters. The highest BCUT2D eigenvalue weighted by Gasteiger charge is 2.23. The molecule has 2 aromatic rings. The fraction of sp³-hybridized carbons (Fsp3) is 0.0769. The SMILES string of the molecule is NC(=O)c1cnc(C2C=Cc3ccccc32)o1. The lowest BCUT2D eigenvalue weighted by Gasteiger charge is -2.05. The Morgan fingerprint density at radius 2 is 2.18 bits per heavy atom. The van der Waals surface area contributed by atoms with E-state index in [1.54, 1.807) is 0 Å². The number of nitrogens with two attached hydrogens (primary N) is 1. The molecular formula is C13H10N2O2. The number of carbonyl (C=O) groups is 1. The molecule has 1 atom stereocenters. The molecule has 0 fully saturated rings. The number of aromatic nitrogens is 1. The Labute approximate surface area is 97.8 Å². The summed E-state index contributed by atoms with van der Waals surface area (Å²) in [6.45, 7) is 0. The minimum atomic E-state index is -0.598. The van der Waals surface area contributed by atoms with Gasteiger partial charge >= 0.3 is 0 Å². The van der Waals surface area contributed by atoms with E-state index in [-0.39, 0.29) is 11.7 Å². The largest absolute Gasteiger partial charge is 0.435 e. The Morgan fingerprint density at radius 3 is 2.94 bits per heavy atom. The van der Waals surface area contributed by atoms with Crippen LogP contribution in [0.5, 0.6) is 0 Å². The van der Waals surface area contributed by atoms with Gasteiger partial charge in [0, 0.05) is 0 Å². The summed E-state index contributed by atoms with van der Waals surface area (Å²) in [7, 11) is 0. The molecule has 1 aliphatic rings. The van der Waals surface area contributed by atoms with Crippen LogP contribution in [0.1, 0.15) is 33.5 Å². The van der Waals surface area contributed by atoms with Crippen molar-refractivity contribution in [3.63, 3.8) is 0 Å². The number of rotatable bonds is 2. The molecule has 3 rings (SSSR count). The van der Waals surface area contributed by atoms with Crippen molar-refractivity contribution in [2.75, 3.05) is 0 Å². The summed E-state index contributed by atoms with van der Waals surface area (Å²) in [5.41, 5.74) is 7.41. The minimum Gasteiger partial charge on any atom is -0.435 e. The summed E-state index contributed by atoms with van der Waals surface area (Å²) < 4.78 is 5.35. The van der Waals surface area contributed by atoms with Crippen molar-refractivity contribution in [1.29, 1.82) is 0 Å². The second-order valence-corrected chi connectivity index (χ2v) is 3.89. The van der Waals surface area contributed by atoms with E-state index in [2.05, 4.69) is 4.98 Å². The predicted octanol–water partition coefficient (Wildman–Crippen LogP) is 1.93. The molecule has 1 aliphatic carbocycles. The zero-order chi connectivity index (χ0) is 11.8. The van der Waals surface area contributed by atoms with Crippen molar-refractivity contribution in [2.45, 2.75) is 5.92 Å². The van der Waals surface area contributed by atoms with Crippen LogP contribution in [0.3, 0.4) is 0 Å². The van der Waals surface area contributed by atoms with Gasteiger partial charge in [0.15, 0.2) is 0 Å². The monoisotopic (exact) mass is 226 g/mol. The van der Waals surface area contributed by atoms with Crippen LogP contribution in [0.15, 0.2) is 41.0 Å². The van der Waals surface area contributed by atoms with Crippen LogP contribution in [0, 0.1) is 0 Å². The first-order valence-electron chi connectivity index (χ1n) is 5.28. The summed E-state index contributed by atoms with van der Waals surface area (Å²) in [6.07, 6.45) is 5.39. The van der Waals surface area contributed by atoms with Gasteiger partial charge in [0.1, 0.15) is 0 Å². The maximum absolute atomic E-state index is 10.9. The lowest BCUT2D eigenvalue weighted by molar-refractivity contribution is 0.0972. The molecule has 4 heteroatoms. The van der Waals surface area contributed by atoms with E-state index in [0.717, 1.165) is 11.1 Å². The first kappa shape index (κ1) is 9.84. The molecule has 17 heavy (non-hydrogen) atoms. The van der Waals surface area contributed by atoms with Gasteiger partial charge in [0.2, 0.25) is 11.7 Å². The molecule has 1 amide bonds. The maximum atomic E-state index is 10.9. The molecule has 0 saturated carbocycles. The Hall–Kier alpha value is -2.36. The number of carbonyl (C=O) groups excluding carboxylic acids is 1.